The molecule has 0 heterocycles. The van der Waals surface area contributed by atoms with E-state index in [9.17, 15) is 14.4 Å². The normalized spacial score (nSPS) is 13.2. The Morgan fingerprint density at radius 3 is 0.907 bits per heavy atom. The summed E-state index contributed by atoms with van der Waals surface area (Å²) in [6.45, 7) is 6.39. The van der Waals surface area contributed by atoms with Crippen LogP contribution in [-0.4, -0.2) is 37.2 Å². The summed E-state index contributed by atoms with van der Waals surface area (Å²) in [7, 11) is 0. The van der Waals surface area contributed by atoms with Crippen LogP contribution in [-0.2, 0) is 28.6 Å². The summed E-state index contributed by atoms with van der Waals surface area (Å²) < 4.78 is 16.8. The molecule has 0 spiro atoms. The topological polar surface area (TPSA) is 78.9 Å². The van der Waals surface area contributed by atoms with Crippen LogP contribution in [0.2, 0.25) is 0 Å². The molecule has 0 aliphatic carbocycles. The van der Waals surface area contributed by atoms with Crippen molar-refractivity contribution in [3.63, 3.8) is 0 Å². The fourth-order valence-electron chi connectivity index (χ4n) is 7.76. The highest BCUT2D eigenvalue weighted by atomic mass is 16.6. The van der Waals surface area contributed by atoms with Crippen molar-refractivity contribution in [2.45, 2.75) is 258 Å². The molecular formula is C69H110O6. The minimum absolute atomic E-state index is 0.104. The number of esters is 3. The zero-order valence-corrected chi connectivity index (χ0v) is 48.3. The van der Waals surface area contributed by atoms with E-state index in [0.29, 0.717) is 25.7 Å². The van der Waals surface area contributed by atoms with Gasteiger partial charge in [-0.2, -0.15) is 0 Å². The molecular weight excluding hydrogens is 925 g/mol. The Hall–Kier alpha value is -4.71. The van der Waals surface area contributed by atoms with Crippen LogP contribution in [0.25, 0.3) is 0 Å². The summed E-state index contributed by atoms with van der Waals surface area (Å²) in [5.74, 6) is -0.974. The third-order valence-electron chi connectivity index (χ3n) is 12.3. The van der Waals surface area contributed by atoms with Gasteiger partial charge in [-0.25, -0.2) is 0 Å². The van der Waals surface area contributed by atoms with Crippen molar-refractivity contribution in [3.8, 4) is 0 Å². The summed E-state index contributed by atoms with van der Waals surface area (Å²) in [6.07, 6.45) is 88.6. The standard InChI is InChI=1S/C69H110O6/c1-4-7-10-13-16-19-22-24-26-27-28-29-30-31-32-33-34-35-36-37-38-39-40-41-42-43-44-46-47-50-53-56-59-62-68(71)74-65-66(64-73-67(70)61-58-55-52-49-21-18-15-12-9-6-3)75-69(72)63-60-57-54-51-48-45-25-23-20-17-14-11-8-5-2/h7,10,12,15-16,19,23-26,28-29,31-32,34-35,37-38,40-41,43-44,47,50,66H,4-6,8-9,11,13-14,17-18,20-22,27,30,33,36,39,42,45-46,48-49,51-65H2,1-3H3/b10-7-,15-12-,19-16-,25-23-,26-24-,29-28-,32-31-,35-34-,38-37-,41-40-,44-43-,50-47-. The molecule has 0 radical (unpaired) electrons. The highest BCUT2D eigenvalue weighted by Crippen LogP contribution is 2.13. The van der Waals surface area contributed by atoms with E-state index >= 15 is 0 Å². The molecule has 0 fully saturated rings. The highest BCUT2D eigenvalue weighted by molar-refractivity contribution is 5.71. The second-order valence-corrected chi connectivity index (χ2v) is 19.5. The Morgan fingerprint density at radius 1 is 0.280 bits per heavy atom. The van der Waals surface area contributed by atoms with E-state index in [1.165, 1.54) is 57.8 Å². The summed E-state index contributed by atoms with van der Waals surface area (Å²) in [5, 5.41) is 0. The predicted octanol–water partition coefficient (Wildman–Crippen LogP) is 20.8. The molecule has 0 saturated heterocycles. The number of hydrogen-bond donors (Lipinski definition) is 0. The van der Waals surface area contributed by atoms with Crippen LogP contribution in [0.1, 0.15) is 252 Å². The van der Waals surface area contributed by atoms with E-state index in [1.54, 1.807) is 0 Å². The summed E-state index contributed by atoms with van der Waals surface area (Å²) in [5.41, 5.74) is 0. The quantitative estimate of drug-likeness (QED) is 0.0261. The summed E-state index contributed by atoms with van der Waals surface area (Å²) in [6, 6.07) is 0. The van der Waals surface area contributed by atoms with E-state index in [-0.39, 0.29) is 31.1 Å². The number of carbonyl (C=O) groups is 3. The van der Waals surface area contributed by atoms with Crippen LogP contribution in [0.3, 0.4) is 0 Å². The fraction of sp³-hybridized carbons (Fsp3) is 0.609. The predicted molar refractivity (Wildman–Crippen MR) is 325 cm³/mol. The summed E-state index contributed by atoms with van der Waals surface area (Å²) in [4.78, 5) is 38.1. The van der Waals surface area contributed by atoms with E-state index in [2.05, 4.69) is 167 Å². The van der Waals surface area contributed by atoms with Crippen molar-refractivity contribution < 1.29 is 28.6 Å². The van der Waals surface area contributed by atoms with E-state index in [4.69, 9.17) is 14.2 Å². The first-order chi connectivity index (χ1) is 37.0. The maximum atomic E-state index is 12.8. The lowest BCUT2D eigenvalue weighted by Gasteiger charge is -2.18. The molecule has 6 nitrogen and oxygen atoms in total. The molecule has 6 heteroatoms. The molecule has 0 rings (SSSR count). The van der Waals surface area contributed by atoms with Gasteiger partial charge in [0.2, 0.25) is 0 Å². The van der Waals surface area contributed by atoms with Gasteiger partial charge in [-0.05, 0) is 141 Å². The lowest BCUT2D eigenvalue weighted by molar-refractivity contribution is -0.167. The van der Waals surface area contributed by atoms with Gasteiger partial charge >= 0.3 is 17.9 Å². The average Bonchev–Trinajstić information content (AvgIpc) is 3.41. The van der Waals surface area contributed by atoms with E-state index < -0.39 is 6.10 Å². The van der Waals surface area contributed by atoms with Crippen LogP contribution < -0.4 is 0 Å². The SMILES string of the molecule is CC/C=C\C/C=C\C/C=C\C/C=C\C/C=C\C/C=C\C/C=C\C/C=C\C/C=C\C/C=C\CCCCC(=O)OCC(COC(=O)CCCCCCC/C=C\CCC)OC(=O)CCCCCCC/C=C\CCCCCCC. The highest BCUT2D eigenvalue weighted by Gasteiger charge is 2.19. The number of hydrogen-bond acceptors (Lipinski definition) is 6. The first-order valence-corrected chi connectivity index (χ1v) is 30.3. The summed E-state index contributed by atoms with van der Waals surface area (Å²) >= 11 is 0. The first kappa shape index (κ1) is 70.3. The Morgan fingerprint density at radius 2 is 0.547 bits per heavy atom. The molecule has 1 unspecified atom stereocenters. The van der Waals surface area contributed by atoms with E-state index in [1.807, 2.05) is 0 Å². The second kappa shape index (κ2) is 61.8. The van der Waals surface area contributed by atoms with Crippen molar-refractivity contribution in [2.24, 2.45) is 0 Å². The number of rotatable bonds is 53. The third kappa shape index (κ3) is 60.0. The second-order valence-electron chi connectivity index (χ2n) is 19.5. The van der Waals surface area contributed by atoms with Crippen molar-refractivity contribution in [3.05, 3.63) is 146 Å². The van der Waals surface area contributed by atoms with Crippen molar-refractivity contribution in [1.29, 1.82) is 0 Å². The molecule has 0 amide bonds. The number of ether oxygens (including phenoxy) is 3. The Labute approximate surface area is 461 Å². The third-order valence-corrected chi connectivity index (χ3v) is 12.3. The van der Waals surface area contributed by atoms with Crippen LogP contribution >= 0.6 is 0 Å². The molecule has 0 saturated carbocycles. The van der Waals surface area contributed by atoms with Crippen molar-refractivity contribution >= 4 is 17.9 Å². The molecule has 75 heavy (non-hydrogen) atoms. The van der Waals surface area contributed by atoms with Gasteiger partial charge in [-0.1, -0.05) is 237 Å². The molecule has 1 atom stereocenters. The molecule has 422 valence electrons. The van der Waals surface area contributed by atoms with Crippen molar-refractivity contribution in [2.75, 3.05) is 13.2 Å². The van der Waals surface area contributed by atoms with E-state index in [0.717, 1.165) is 148 Å². The fourth-order valence-corrected chi connectivity index (χ4v) is 7.76. The Bertz CT molecular complexity index is 1660. The minimum atomic E-state index is -0.808. The Kier molecular flexibility index (Phi) is 58.0. The average molecular weight is 1040 g/mol. The molecule has 0 N–H and O–H groups in total. The molecule has 0 aromatic carbocycles. The molecule has 0 aliphatic heterocycles. The van der Waals surface area contributed by atoms with Crippen LogP contribution in [0.15, 0.2) is 146 Å². The van der Waals surface area contributed by atoms with Gasteiger partial charge < -0.3 is 14.2 Å². The van der Waals surface area contributed by atoms with Gasteiger partial charge in [0.1, 0.15) is 13.2 Å². The molecule has 0 aliphatic rings. The van der Waals surface area contributed by atoms with Crippen LogP contribution in [0.4, 0.5) is 0 Å². The van der Waals surface area contributed by atoms with Crippen LogP contribution in [0, 0.1) is 0 Å². The van der Waals surface area contributed by atoms with Gasteiger partial charge in [0.15, 0.2) is 6.10 Å². The van der Waals surface area contributed by atoms with Gasteiger partial charge in [-0.3, -0.25) is 14.4 Å². The smallest absolute Gasteiger partial charge is 0.306 e. The first-order valence-electron chi connectivity index (χ1n) is 30.3. The number of unbranched alkanes of at least 4 members (excludes halogenated alkanes) is 18. The molecule has 0 aromatic heterocycles. The molecule has 0 bridgehead atoms. The zero-order valence-electron chi connectivity index (χ0n) is 48.3. The van der Waals surface area contributed by atoms with Crippen LogP contribution in [0.5, 0.6) is 0 Å². The zero-order chi connectivity index (χ0) is 54.3. The van der Waals surface area contributed by atoms with Gasteiger partial charge in [0.05, 0.1) is 0 Å². The van der Waals surface area contributed by atoms with Crippen molar-refractivity contribution in [1.82, 2.24) is 0 Å². The maximum Gasteiger partial charge on any atom is 0.306 e. The maximum absolute atomic E-state index is 12.8. The largest absolute Gasteiger partial charge is 0.462 e. The van der Waals surface area contributed by atoms with Gasteiger partial charge in [-0.15, -0.1) is 0 Å². The monoisotopic (exact) mass is 1030 g/mol. The number of allylic oxidation sites excluding steroid dienone is 24. The van der Waals surface area contributed by atoms with Gasteiger partial charge in [0.25, 0.3) is 0 Å². The Balaban J connectivity index is 4.33. The van der Waals surface area contributed by atoms with Gasteiger partial charge in [0, 0.05) is 19.3 Å². The lowest BCUT2D eigenvalue weighted by Crippen LogP contribution is -2.30. The number of carbonyl (C=O) groups excluding carboxylic acids is 3. The lowest BCUT2D eigenvalue weighted by atomic mass is 10.1. The minimum Gasteiger partial charge on any atom is -0.462 e. The molecule has 0 aromatic rings.